The monoisotopic (exact) mass is 807 g/mol. The molecule has 1 aromatic carbocycles. The Bertz CT molecular complexity index is 1800. The molecule has 1 heterocycles. The second-order valence-electron chi connectivity index (χ2n) is 16.6. The number of aliphatic hydroxyl groups is 1. The average Bonchev–Trinajstić information content (AvgIpc) is 3.66. The van der Waals surface area contributed by atoms with Crippen LogP contribution in [0.5, 0.6) is 0 Å². The summed E-state index contributed by atoms with van der Waals surface area (Å²) in [7, 11) is 0. The van der Waals surface area contributed by atoms with Gasteiger partial charge in [-0.15, -0.1) is 0 Å². The van der Waals surface area contributed by atoms with Crippen LogP contribution < -0.4 is 27.0 Å². The van der Waals surface area contributed by atoms with Gasteiger partial charge < -0.3 is 51.1 Å². The number of alkyl carbamates (subject to hydrolysis) is 1. The minimum absolute atomic E-state index is 0.0257. The molecular weight excluding hydrogens is 750 g/mol. The summed E-state index contributed by atoms with van der Waals surface area (Å²) in [5.74, 6) is -1.05. The molecule has 0 aromatic heterocycles. The lowest BCUT2D eigenvalue weighted by molar-refractivity contribution is -0.201. The largest absolute Gasteiger partial charge is 0.445 e. The Morgan fingerprint density at radius 3 is 2.55 bits per heavy atom. The zero-order valence-corrected chi connectivity index (χ0v) is 33.5. The number of aliphatic hydroxyl groups excluding tert-OH is 1. The lowest BCUT2D eigenvalue weighted by atomic mass is 9.46. The first-order valence-corrected chi connectivity index (χ1v) is 20.4. The van der Waals surface area contributed by atoms with Gasteiger partial charge >= 0.3 is 12.1 Å². The van der Waals surface area contributed by atoms with Crippen LogP contribution in [0.3, 0.4) is 0 Å². The summed E-state index contributed by atoms with van der Waals surface area (Å²) >= 11 is 0. The fraction of sp³-hybridized carbons (Fsp3) is 0.619. The van der Waals surface area contributed by atoms with Gasteiger partial charge in [-0.2, -0.15) is 0 Å². The van der Waals surface area contributed by atoms with E-state index in [-0.39, 0.29) is 68.1 Å². The van der Waals surface area contributed by atoms with E-state index < -0.39 is 53.0 Å². The number of nitrogens with one attached hydrogen (secondary N) is 4. The molecule has 1 aromatic rings. The average molecular weight is 808 g/mol. The molecule has 3 saturated carbocycles. The van der Waals surface area contributed by atoms with Gasteiger partial charge in [-0.1, -0.05) is 51.0 Å². The molecule has 5 amide bonds. The number of nitrogens with two attached hydrogens (primary N) is 1. The fourth-order valence-electron chi connectivity index (χ4n) is 10.3. The first-order chi connectivity index (χ1) is 27.7. The maximum atomic E-state index is 14.4. The van der Waals surface area contributed by atoms with Gasteiger partial charge in [0.25, 0.3) is 0 Å². The first kappa shape index (κ1) is 43.0. The number of urea groups is 1. The van der Waals surface area contributed by atoms with E-state index >= 15 is 0 Å². The van der Waals surface area contributed by atoms with Crippen molar-refractivity contribution in [2.45, 2.75) is 109 Å². The van der Waals surface area contributed by atoms with Crippen molar-refractivity contribution >= 4 is 41.2 Å². The van der Waals surface area contributed by atoms with Crippen LogP contribution in [-0.4, -0.2) is 91.1 Å². The number of Topliss-reactive ketones (excluding diaryl/α,β-unsaturated/α-hetero) is 1. The zero-order chi connectivity index (χ0) is 41.7. The number of carbonyl (C=O) groups excluding carboxylic acids is 6. The van der Waals surface area contributed by atoms with Crippen LogP contribution in [-0.2, 0) is 44.7 Å². The van der Waals surface area contributed by atoms with Crippen molar-refractivity contribution < 1.29 is 52.8 Å². The van der Waals surface area contributed by atoms with Gasteiger partial charge in [-0.05, 0) is 86.6 Å². The highest BCUT2D eigenvalue weighted by Gasteiger charge is 2.75. The second kappa shape index (κ2) is 18.1. The predicted molar refractivity (Wildman–Crippen MR) is 209 cm³/mol. The zero-order valence-electron chi connectivity index (χ0n) is 33.5. The maximum Gasteiger partial charge on any atom is 0.407 e. The molecule has 316 valence electrons. The number of amides is 5. The number of unbranched alkanes of at least 4 members (excludes halogenated alkanes) is 1. The number of fused-ring (bicyclic) bond motifs is 7. The number of allylic oxidation sites excluding steroid dienone is 4. The Hall–Kier alpha value is -4.64. The van der Waals surface area contributed by atoms with E-state index in [1.807, 2.05) is 19.9 Å². The lowest BCUT2D eigenvalue weighted by Gasteiger charge is -2.59. The van der Waals surface area contributed by atoms with E-state index in [9.17, 15) is 33.9 Å². The third-order valence-corrected chi connectivity index (χ3v) is 13.0. The number of primary amides is 1. The van der Waals surface area contributed by atoms with Crippen molar-refractivity contribution in [3.63, 3.8) is 0 Å². The first-order valence-electron chi connectivity index (χ1n) is 20.4. The molecule has 9 unspecified atom stereocenters. The smallest absolute Gasteiger partial charge is 0.407 e. The fourth-order valence-corrected chi connectivity index (χ4v) is 10.3. The molecule has 9 atom stereocenters. The summed E-state index contributed by atoms with van der Waals surface area (Å²) in [6, 6.07) is 6.15. The molecule has 0 spiro atoms. The number of carbonyl (C=O) groups is 6. The Morgan fingerprint density at radius 2 is 1.81 bits per heavy atom. The highest BCUT2D eigenvalue weighted by atomic mass is 16.7. The number of rotatable bonds is 17. The summed E-state index contributed by atoms with van der Waals surface area (Å²) in [5.41, 5.74) is 4.78. The highest BCUT2D eigenvalue weighted by Crippen LogP contribution is 2.69. The molecule has 0 radical (unpaired) electrons. The molecule has 5 aliphatic rings. The SMILES string of the molecule is CCCC1OC2CC3C4CCC5=CC(=O)C=CC5(C)C4C(O)CC3(C)C2(C(=O)COCNC(=O)CNC(=O)OCc2ccc(NC(=O)CCCCNC(N)=O)cc2)O1. The van der Waals surface area contributed by atoms with E-state index in [1.54, 1.807) is 36.4 Å². The standard InChI is InChI=1S/C42H57N5O11/c1-4-7-36-57-33-19-30-29-14-11-26-18-28(48)15-16-40(26,2)37(29)31(49)20-41(30,3)42(33,58-36)32(50)23-55-24-46-35(52)21-45-39(54)56-22-25-9-12-27(13-10-25)47-34(51)8-5-6-17-44-38(43)53/h9-10,12-13,15-16,18,29-31,33,36-37,49H,4-8,11,14,17,19-24H2,1-3H3,(H,45,54)(H,46,52)(H,47,51)(H3,43,44,53). The molecule has 0 bridgehead atoms. The van der Waals surface area contributed by atoms with E-state index in [1.165, 1.54) is 0 Å². The van der Waals surface area contributed by atoms with E-state index in [4.69, 9.17) is 24.7 Å². The molecule has 6 rings (SSSR count). The van der Waals surface area contributed by atoms with E-state index in [0.717, 1.165) is 24.8 Å². The van der Waals surface area contributed by atoms with Crippen molar-refractivity contribution in [1.29, 1.82) is 0 Å². The van der Waals surface area contributed by atoms with Gasteiger partial charge in [0.1, 0.15) is 26.5 Å². The third kappa shape index (κ3) is 8.84. The maximum absolute atomic E-state index is 14.4. The van der Waals surface area contributed by atoms with Crippen LogP contribution in [0, 0.1) is 28.6 Å². The summed E-state index contributed by atoms with van der Waals surface area (Å²) in [6.45, 7) is 5.48. The van der Waals surface area contributed by atoms with Crippen LogP contribution in [0.1, 0.15) is 84.1 Å². The predicted octanol–water partition coefficient (Wildman–Crippen LogP) is 3.52. The minimum Gasteiger partial charge on any atom is -0.445 e. The van der Waals surface area contributed by atoms with Gasteiger partial charge in [0.2, 0.25) is 11.8 Å². The molecule has 1 saturated heterocycles. The van der Waals surface area contributed by atoms with Gasteiger partial charge in [0.15, 0.2) is 23.5 Å². The van der Waals surface area contributed by atoms with Crippen molar-refractivity contribution in [3.8, 4) is 0 Å². The van der Waals surface area contributed by atoms with E-state index in [0.29, 0.717) is 49.9 Å². The summed E-state index contributed by atoms with van der Waals surface area (Å²) in [5, 5.41) is 22.1. The Labute approximate surface area is 338 Å². The van der Waals surface area contributed by atoms with Crippen LogP contribution in [0.4, 0.5) is 15.3 Å². The van der Waals surface area contributed by atoms with Gasteiger partial charge in [-0.25, -0.2) is 9.59 Å². The molecule has 16 heteroatoms. The van der Waals surface area contributed by atoms with Crippen molar-refractivity contribution in [3.05, 3.63) is 53.6 Å². The normalized spacial score (nSPS) is 31.8. The van der Waals surface area contributed by atoms with Crippen molar-refractivity contribution in [2.75, 3.05) is 31.7 Å². The molecule has 58 heavy (non-hydrogen) atoms. The highest BCUT2D eigenvalue weighted by molar-refractivity contribution is 6.01. The Morgan fingerprint density at radius 1 is 1.03 bits per heavy atom. The minimum atomic E-state index is -1.34. The van der Waals surface area contributed by atoms with Gasteiger partial charge in [-0.3, -0.25) is 19.2 Å². The summed E-state index contributed by atoms with van der Waals surface area (Å²) < 4.78 is 24.0. The van der Waals surface area contributed by atoms with Crippen LogP contribution in [0.25, 0.3) is 0 Å². The molecule has 16 nitrogen and oxygen atoms in total. The summed E-state index contributed by atoms with van der Waals surface area (Å²) in [6.07, 6.45) is 8.04. The summed E-state index contributed by atoms with van der Waals surface area (Å²) in [4.78, 5) is 74.2. The quantitative estimate of drug-likeness (QED) is 0.0985. The molecular formula is C42H57N5O11. The Kier molecular flexibility index (Phi) is 13.4. The molecule has 4 fully saturated rings. The topological polar surface area (TPSA) is 234 Å². The second-order valence-corrected chi connectivity index (χ2v) is 16.6. The Balaban J connectivity index is 0.950. The molecule has 1 aliphatic heterocycles. The van der Waals surface area contributed by atoms with Crippen molar-refractivity contribution in [2.24, 2.45) is 34.3 Å². The van der Waals surface area contributed by atoms with E-state index in [2.05, 4.69) is 28.2 Å². The van der Waals surface area contributed by atoms with Gasteiger partial charge in [0.05, 0.1) is 12.2 Å². The van der Waals surface area contributed by atoms with Crippen LogP contribution in [0.15, 0.2) is 48.1 Å². The molecule has 7 N–H and O–H groups in total. The number of hydrogen-bond acceptors (Lipinski definition) is 11. The number of anilines is 1. The number of ether oxygens (including phenoxy) is 4. The van der Waals surface area contributed by atoms with Gasteiger partial charge in [0, 0.05) is 35.4 Å². The lowest BCUT2D eigenvalue weighted by Crippen LogP contribution is -2.63. The number of hydrogen-bond donors (Lipinski definition) is 6. The third-order valence-electron chi connectivity index (χ3n) is 13.0. The number of benzene rings is 1. The molecule has 4 aliphatic carbocycles. The van der Waals surface area contributed by atoms with Crippen molar-refractivity contribution in [1.82, 2.24) is 16.0 Å². The van der Waals surface area contributed by atoms with Crippen LogP contribution >= 0.6 is 0 Å². The number of ketones is 2. The van der Waals surface area contributed by atoms with Crippen LogP contribution in [0.2, 0.25) is 0 Å².